The molecule has 4 heteroatoms. The molecule has 0 bridgehead atoms. The number of nitrogens with one attached hydrogen (secondary N) is 1. The largest absolute Gasteiger partial charge is 0.381 e. The van der Waals surface area contributed by atoms with Crippen LogP contribution in [-0.2, 0) is 11.3 Å². The summed E-state index contributed by atoms with van der Waals surface area (Å²) in [4.78, 5) is 6.01. The van der Waals surface area contributed by atoms with Gasteiger partial charge in [0, 0.05) is 23.9 Å². The lowest BCUT2D eigenvalue weighted by Gasteiger charge is -2.03. The molecule has 1 saturated heterocycles. The van der Waals surface area contributed by atoms with Gasteiger partial charge in [0.1, 0.15) is 5.01 Å². The van der Waals surface area contributed by atoms with Gasteiger partial charge in [0.25, 0.3) is 0 Å². The Kier molecular flexibility index (Phi) is 3.15. The van der Waals surface area contributed by atoms with Crippen LogP contribution < -0.4 is 5.32 Å². The Morgan fingerprint density at radius 2 is 2.50 bits per heavy atom. The minimum atomic E-state index is 0.539. The van der Waals surface area contributed by atoms with Gasteiger partial charge >= 0.3 is 0 Å². The topological polar surface area (TPSA) is 34.2 Å². The van der Waals surface area contributed by atoms with E-state index in [2.05, 4.69) is 17.2 Å². The highest BCUT2D eigenvalue weighted by atomic mass is 32.1. The third kappa shape index (κ3) is 1.97. The minimum absolute atomic E-state index is 0.539. The summed E-state index contributed by atoms with van der Waals surface area (Å²) in [6.07, 6.45) is 1.13. The molecule has 0 aromatic carbocycles. The molecule has 1 aromatic heterocycles. The number of aromatic nitrogens is 1. The quantitative estimate of drug-likeness (QED) is 0.827. The van der Waals surface area contributed by atoms with Gasteiger partial charge in [0.05, 0.1) is 12.3 Å². The third-order valence-electron chi connectivity index (χ3n) is 2.52. The lowest BCUT2D eigenvalue weighted by atomic mass is 10.0. The number of ether oxygens (including phenoxy) is 1. The molecule has 1 aromatic rings. The zero-order valence-electron chi connectivity index (χ0n) is 8.67. The van der Waals surface area contributed by atoms with Gasteiger partial charge in [-0.25, -0.2) is 4.98 Å². The Morgan fingerprint density at radius 1 is 1.64 bits per heavy atom. The zero-order chi connectivity index (χ0) is 9.97. The molecule has 78 valence electrons. The van der Waals surface area contributed by atoms with E-state index >= 15 is 0 Å². The molecule has 2 heterocycles. The summed E-state index contributed by atoms with van der Waals surface area (Å²) in [7, 11) is 1.95. The summed E-state index contributed by atoms with van der Waals surface area (Å²) in [5, 5.41) is 4.32. The van der Waals surface area contributed by atoms with Gasteiger partial charge in [-0.15, -0.1) is 11.3 Å². The Balaban J connectivity index is 2.15. The molecule has 3 nitrogen and oxygen atoms in total. The van der Waals surface area contributed by atoms with Crippen LogP contribution in [-0.4, -0.2) is 25.2 Å². The van der Waals surface area contributed by atoms with Gasteiger partial charge < -0.3 is 10.1 Å². The average Bonchev–Trinajstić information content (AvgIpc) is 2.74. The SMILES string of the molecule is CNCc1nc(C2CCOC2)c(C)s1. The zero-order valence-corrected chi connectivity index (χ0v) is 9.49. The van der Waals surface area contributed by atoms with Crippen molar-refractivity contribution in [3.8, 4) is 0 Å². The second kappa shape index (κ2) is 4.38. The number of hydrogen-bond acceptors (Lipinski definition) is 4. The van der Waals surface area contributed by atoms with Crippen molar-refractivity contribution < 1.29 is 4.74 Å². The number of hydrogen-bond donors (Lipinski definition) is 1. The van der Waals surface area contributed by atoms with Crippen LogP contribution in [0.3, 0.4) is 0 Å². The Bertz CT molecular complexity index is 305. The van der Waals surface area contributed by atoms with Gasteiger partial charge in [-0.3, -0.25) is 0 Å². The molecule has 0 radical (unpaired) electrons. The van der Waals surface area contributed by atoms with Crippen LogP contribution >= 0.6 is 11.3 Å². The molecule has 1 N–H and O–H groups in total. The summed E-state index contributed by atoms with van der Waals surface area (Å²) in [6.45, 7) is 4.77. The average molecular weight is 212 g/mol. The van der Waals surface area contributed by atoms with E-state index in [1.807, 2.05) is 7.05 Å². The molecule has 1 aliphatic heterocycles. The highest BCUT2D eigenvalue weighted by Gasteiger charge is 2.22. The van der Waals surface area contributed by atoms with Crippen LogP contribution in [0.4, 0.5) is 0 Å². The van der Waals surface area contributed by atoms with E-state index in [1.54, 1.807) is 11.3 Å². The van der Waals surface area contributed by atoms with Crippen molar-refractivity contribution in [3.05, 3.63) is 15.6 Å². The monoisotopic (exact) mass is 212 g/mol. The molecule has 1 unspecified atom stereocenters. The summed E-state index contributed by atoms with van der Waals surface area (Å²) >= 11 is 1.80. The van der Waals surface area contributed by atoms with Crippen LogP contribution in [0.2, 0.25) is 0 Å². The molecule has 1 aliphatic rings. The van der Waals surface area contributed by atoms with Crippen LogP contribution in [0.5, 0.6) is 0 Å². The van der Waals surface area contributed by atoms with E-state index in [0.29, 0.717) is 5.92 Å². The standard InChI is InChI=1S/C10H16N2OS/c1-7-10(8-3-4-13-6-8)12-9(14-7)5-11-2/h8,11H,3-6H2,1-2H3. The molecule has 2 rings (SSSR count). The molecular weight excluding hydrogens is 196 g/mol. The Hall–Kier alpha value is -0.450. The van der Waals surface area contributed by atoms with Crippen LogP contribution in [0.1, 0.15) is 27.9 Å². The summed E-state index contributed by atoms with van der Waals surface area (Å²) in [5.41, 5.74) is 1.26. The van der Waals surface area contributed by atoms with Gasteiger partial charge in [0.15, 0.2) is 0 Å². The van der Waals surface area contributed by atoms with Crippen molar-refractivity contribution in [2.24, 2.45) is 0 Å². The minimum Gasteiger partial charge on any atom is -0.381 e. The second-order valence-corrected chi connectivity index (χ2v) is 4.93. The van der Waals surface area contributed by atoms with Gasteiger partial charge in [-0.1, -0.05) is 0 Å². The van der Waals surface area contributed by atoms with E-state index in [-0.39, 0.29) is 0 Å². The molecule has 1 fully saturated rings. The predicted molar refractivity (Wildman–Crippen MR) is 57.8 cm³/mol. The molecule has 1 atom stereocenters. The first-order valence-electron chi connectivity index (χ1n) is 5.00. The smallest absolute Gasteiger partial charge is 0.107 e. The van der Waals surface area contributed by atoms with Crippen molar-refractivity contribution in [2.75, 3.05) is 20.3 Å². The first kappa shape index (κ1) is 10.1. The van der Waals surface area contributed by atoms with E-state index in [0.717, 1.165) is 26.2 Å². The highest BCUT2D eigenvalue weighted by molar-refractivity contribution is 7.11. The maximum Gasteiger partial charge on any atom is 0.107 e. The van der Waals surface area contributed by atoms with Crippen molar-refractivity contribution >= 4 is 11.3 Å². The van der Waals surface area contributed by atoms with E-state index < -0.39 is 0 Å². The van der Waals surface area contributed by atoms with Crippen molar-refractivity contribution in [1.82, 2.24) is 10.3 Å². The second-order valence-electron chi connectivity index (χ2n) is 3.64. The number of thiazole rings is 1. The Labute approximate surface area is 88.5 Å². The molecule has 0 amide bonds. The molecule has 0 aliphatic carbocycles. The maximum atomic E-state index is 5.38. The van der Waals surface area contributed by atoms with Gasteiger partial charge in [-0.2, -0.15) is 0 Å². The van der Waals surface area contributed by atoms with E-state index in [4.69, 9.17) is 4.74 Å². The van der Waals surface area contributed by atoms with Crippen molar-refractivity contribution in [1.29, 1.82) is 0 Å². The predicted octanol–water partition coefficient (Wildman–Crippen LogP) is 1.67. The van der Waals surface area contributed by atoms with Gasteiger partial charge in [-0.05, 0) is 20.4 Å². The van der Waals surface area contributed by atoms with E-state index in [9.17, 15) is 0 Å². The normalized spacial score (nSPS) is 21.7. The lowest BCUT2D eigenvalue weighted by Crippen LogP contribution is -2.05. The van der Waals surface area contributed by atoms with Crippen LogP contribution in [0.25, 0.3) is 0 Å². The molecule has 0 spiro atoms. The number of rotatable bonds is 3. The maximum absolute atomic E-state index is 5.38. The lowest BCUT2D eigenvalue weighted by molar-refractivity contribution is 0.193. The van der Waals surface area contributed by atoms with Crippen LogP contribution in [0, 0.1) is 6.92 Å². The number of aryl methyl sites for hydroxylation is 1. The first-order chi connectivity index (χ1) is 6.81. The fourth-order valence-corrected chi connectivity index (χ4v) is 2.85. The van der Waals surface area contributed by atoms with E-state index in [1.165, 1.54) is 15.6 Å². The molecule has 14 heavy (non-hydrogen) atoms. The van der Waals surface area contributed by atoms with Crippen molar-refractivity contribution in [3.63, 3.8) is 0 Å². The first-order valence-corrected chi connectivity index (χ1v) is 5.81. The van der Waals surface area contributed by atoms with Gasteiger partial charge in [0.2, 0.25) is 0 Å². The fraction of sp³-hybridized carbons (Fsp3) is 0.700. The molecule has 0 saturated carbocycles. The third-order valence-corrected chi connectivity index (χ3v) is 3.51. The summed E-state index contributed by atoms with van der Waals surface area (Å²) < 4.78 is 5.38. The highest BCUT2D eigenvalue weighted by Crippen LogP contribution is 2.30. The van der Waals surface area contributed by atoms with Crippen LogP contribution in [0.15, 0.2) is 0 Å². The molecular formula is C10H16N2OS. The summed E-state index contributed by atoms with van der Waals surface area (Å²) in [6, 6.07) is 0. The Morgan fingerprint density at radius 3 is 3.14 bits per heavy atom. The van der Waals surface area contributed by atoms with Crippen molar-refractivity contribution in [2.45, 2.75) is 25.8 Å². The fourth-order valence-electron chi connectivity index (χ4n) is 1.82. The summed E-state index contributed by atoms with van der Waals surface area (Å²) in [5.74, 6) is 0.539. The number of nitrogens with zero attached hydrogens (tertiary/aromatic N) is 1.